The van der Waals surface area contributed by atoms with Crippen LogP contribution in [0.1, 0.15) is 11.1 Å². The summed E-state index contributed by atoms with van der Waals surface area (Å²) in [6.45, 7) is 0. The van der Waals surface area contributed by atoms with Gasteiger partial charge in [-0.2, -0.15) is 13.2 Å². The molecule has 8 heteroatoms. The highest BCUT2D eigenvalue weighted by Gasteiger charge is 2.30. The molecule has 128 valence electrons. The minimum Gasteiger partial charge on any atom is -0.300 e. The topological polar surface area (TPSA) is 41.5 Å². The molecule has 0 saturated carbocycles. The van der Waals surface area contributed by atoms with Gasteiger partial charge in [-0.3, -0.25) is 4.79 Å². The standard InChI is InChI=1S/C17H10F4N2OS/c18-12-5-7-13(8-6-12)22-16-23-15(24)14(25-16)9-10-1-3-11(4-2-10)17(19,20)21/h1-9H,(H,22,23,24)/b14-9+. The Hall–Kier alpha value is -2.61. The number of rotatable bonds is 2. The Labute approximate surface area is 144 Å². The molecule has 3 nitrogen and oxygen atoms in total. The lowest BCUT2D eigenvalue weighted by atomic mass is 10.1. The molecule has 1 fully saturated rings. The lowest BCUT2D eigenvalue weighted by Gasteiger charge is -2.06. The highest BCUT2D eigenvalue weighted by molar-refractivity contribution is 8.18. The molecule has 0 aromatic heterocycles. The molecule has 1 amide bonds. The van der Waals surface area contributed by atoms with Crippen LogP contribution in [0.5, 0.6) is 0 Å². The van der Waals surface area contributed by atoms with E-state index in [4.69, 9.17) is 0 Å². The van der Waals surface area contributed by atoms with Crippen LogP contribution >= 0.6 is 11.8 Å². The van der Waals surface area contributed by atoms with Gasteiger partial charge in [0.25, 0.3) is 5.91 Å². The van der Waals surface area contributed by atoms with Crippen LogP contribution in [-0.2, 0) is 11.0 Å². The minimum atomic E-state index is -4.40. The number of hydrogen-bond donors (Lipinski definition) is 1. The maximum atomic E-state index is 12.9. The molecule has 0 radical (unpaired) electrons. The molecule has 1 heterocycles. The zero-order valence-corrected chi connectivity index (χ0v) is 13.3. The van der Waals surface area contributed by atoms with Gasteiger partial charge in [0.05, 0.1) is 16.2 Å². The Balaban J connectivity index is 1.78. The number of thioether (sulfide) groups is 1. The van der Waals surface area contributed by atoms with Gasteiger partial charge in [-0.05, 0) is 59.8 Å². The van der Waals surface area contributed by atoms with Crippen molar-refractivity contribution in [2.45, 2.75) is 6.18 Å². The summed E-state index contributed by atoms with van der Waals surface area (Å²) < 4.78 is 50.5. The molecule has 2 aromatic carbocycles. The van der Waals surface area contributed by atoms with E-state index in [0.29, 0.717) is 21.3 Å². The van der Waals surface area contributed by atoms with E-state index in [9.17, 15) is 22.4 Å². The van der Waals surface area contributed by atoms with Crippen molar-refractivity contribution >= 4 is 34.6 Å². The first-order valence-electron chi connectivity index (χ1n) is 7.04. The Bertz CT molecular complexity index is 856. The molecule has 3 rings (SSSR count). The van der Waals surface area contributed by atoms with E-state index in [0.717, 1.165) is 23.9 Å². The highest BCUT2D eigenvalue weighted by Crippen LogP contribution is 2.31. The number of benzene rings is 2. The summed E-state index contributed by atoms with van der Waals surface area (Å²) in [7, 11) is 0. The molecule has 25 heavy (non-hydrogen) atoms. The van der Waals surface area contributed by atoms with E-state index in [1.165, 1.54) is 42.5 Å². The van der Waals surface area contributed by atoms with Gasteiger partial charge in [-0.15, -0.1) is 0 Å². The van der Waals surface area contributed by atoms with Crippen LogP contribution in [0.4, 0.5) is 23.2 Å². The molecule has 0 atom stereocenters. The third-order valence-corrected chi connectivity index (χ3v) is 4.15. The van der Waals surface area contributed by atoms with E-state index in [1.807, 2.05) is 0 Å². The number of carbonyl (C=O) groups excluding carboxylic acids is 1. The summed E-state index contributed by atoms with van der Waals surface area (Å²) in [5.41, 5.74) is 0.186. The molecule has 0 aliphatic carbocycles. The molecular weight excluding hydrogens is 356 g/mol. The molecule has 0 spiro atoms. The zero-order chi connectivity index (χ0) is 18.0. The number of aliphatic imine (C=N–C) groups is 1. The van der Waals surface area contributed by atoms with Gasteiger partial charge in [-0.25, -0.2) is 9.38 Å². The Morgan fingerprint density at radius 1 is 1.00 bits per heavy atom. The lowest BCUT2D eigenvalue weighted by molar-refractivity contribution is -0.137. The van der Waals surface area contributed by atoms with Gasteiger partial charge in [0.15, 0.2) is 5.17 Å². The lowest BCUT2D eigenvalue weighted by Crippen LogP contribution is -2.19. The molecule has 1 saturated heterocycles. The van der Waals surface area contributed by atoms with Gasteiger partial charge in [0, 0.05) is 0 Å². The van der Waals surface area contributed by atoms with Gasteiger partial charge in [0.2, 0.25) is 0 Å². The van der Waals surface area contributed by atoms with Crippen molar-refractivity contribution in [3.05, 3.63) is 70.4 Å². The van der Waals surface area contributed by atoms with Crippen molar-refractivity contribution in [3.8, 4) is 0 Å². The van der Waals surface area contributed by atoms with Crippen LogP contribution in [0.2, 0.25) is 0 Å². The molecule has 1 aliphatic rings. The summed E-state index contributed by atoms with van der Waals surface area (Å²) in [5.74, 6) is -0.791. The zero-order valence-electron chi connectivity index (χ0n) is 12.5. The largest absolute Gasteiger partial charge is 0.416 e. The Kier molecular flexibility index (Phi) is 4.63. The number of alkyl halides is 3. The van der Waals surface area contributed by atoms with Gasteiger partial charge in [0.1, 0.15) is 5.82 Å². The van der Waals surface area contributed by atoms with Gasteiger partial charge < -0.3 is 5.32 Å². The van der Waals surface area contributed by atoms with Crippen LogP contribution in [0.25, 0.3) is 6.08 Å². The quantitative estimate of drug-likeness (QED) is 0.616. The van der Waals surface area contributed by atoms with Crippen LogP contribution in [0.15, 0.2) is 58.4 Å². The highest BCUT2D eigenvalue weighted by atomic mass is 32.2. The molecule has 1 N–H and O–H groups in total. The number of carbonyl (C=O) groups is 1. The van der Waals surface area contributed by atoms with E-state index >= 15 is 0 Å². The second-order valence-electron chi connectivity index (χ2n) is 5.08. The van der Waals surface area contributed by atoms with E-state index < -0.39 is 23.5 Å². The fraction of sp³-hybridized carbons (Fsp3) is 0.0588. The van der Waals surface area contributed by atoms with Crippen molar-refractivity contribution in [1.29, 1.82) is 0 Å². The predicted octanol–water partition coefficient (Wildman–Crippen LogP) is 4.74. The normalized spacial score (nSPS) is 18.0. The molecule has 2 aromatic rings. The summed E-state index contributed by atoms with van der Waals surface area (Å²) in [4.78, 5) is 16.4. The first-order valence-corrected chi connectivity index (χ1v) is 7.85. The SMILES string of the molecule is O=C1NC(=Nc2ccc(F)cc2)S/C1=C/c1ccc(C(F)(F)F)cc1. The van der Waals surface area contributed by atoms with E-state index in [1.54, 1.807) is 0 Å². The second-order valence-corrected chi connectivity index (χ2v) is 6.11. The van der Waals surface area contributed by atoms with Crippen molar-refractivity contribution in [3.63, 3.8) is 0 Å². The Morgan fingerprint density at radius 2 is 1.64 bits per heavy atom. The molecule has 0 bridgehead atoms. The van der Waals surface area contributed by atoms with Crippen LogP contribution in [0.3, 0.4) is 0 Å². The summed E-state index contributed by atoms with van der Waals surface area (Å²) in [5, 5.41) is 2.87. The van der Waals surface area contributed by atoms with Crippen molar-refractivity contribution < 1.29 is 22.4 Å². The molecule has 1 aliphatic heterocycles. The number of amidine groups is 1. The monoisotopic (exact) mass is 366 g/mol. The van der Waals surface area contributed by atoms with Crippen LogP contribution in [0, 0.1) is 5.82 Å². The maximum absolute atomic E-state index is 12.9. The first-order chi connectivity index (χ1) is 11.8. The average molecular weight is 366 g/mol. The number of amides is 1. The number of halogens is 4. The van der Waals surface area contributed by atoms with Gasteiger partial charge in [-0.1, -0.05) is 12.1 Å². The fourth-order valence-corrected chi connectivity index (χ4v) is 2.87. The predicted molar refractivity (Wildman–Crippen MR) is 88.6 cm³/mol. The van der Waals surface area contributed by atoms with Crippen LogP contribution < -0.4 is 5.32 Å². The van der Waals surface area contributed by atoms with E-state index in [2.05, 4.69) is 10.3 Å². The summed E-state index contributed by atoms with van der Waals surface area (Å²) in [6.07, 6.45) is -2.92. The Morgan fingerprint density at radius 3 is 2.24 bits per heavy atom. The van der Waals surface area contributed by atoms with Gasteiger partial charge >= 0.3 is 6.18 Å². The summed E-state index contributed by atoms with van der Waals surface area (Å²) >= 11 is 1.06. The van der Waals surface area contributed by atoms with Crippen molar-refractivity contribution in [2.24, 2.45) is 4.99 Å². The summed E-state index contributed by atoms with van der Waals surface area (Å²) in [6, 6.07) is 9.92. The average Bonchev–Trinajstić information content (AvgIpc) is 2.89. The van der Waals surface area contributed by atoms with Crippen molar-refractivity contribution in [2.75, 3.05) is 0 Å². The maximum Gasteiger partial charge on any atom is 0.416 e. The van der Waals surface area contributed by atoms with Crippen molar-refractivity contribution in [1.82, 2.24) is 5.32 Å². The fourth-order valence-electron chi connectivity index (χ4n) is 2.03. The number of nitrogens with one attached hydrogen (secondary N) is 1. The minimum absolute atomic E-state index is 0.306. The number of hydrogen-bond acceptors (Lipinski definition) is 3. The molecular formula is C17H10F4N2OS. The van der Waals surface area contributed by atoms with Crippen LogP contribution in [-0.4, -0.2) is 11.1 Å². The van der Waals surface area contributed by atoms with E-state index in [-0.39, 0.29) is 0 Å². The third-order valence-electron chi connectivity index (χ3n) is 3.24. The third kappa shape index (κ3) is 4.27. The first kappa shape index (κ1) is 17.2. The number of nitrogens with zero attached hydrogens (tertiary/aromatic N) is 1. The molecule has 0 unspecified atom stereocenters. The second kappa shape index (κ2) is 6.72. The smallest absolute Gasteiger partial charge is 0.300 e.